The third-order valence-corrected chi connectivity index (χ3v) is 4.81. The number of carbonyl (C=O) groups excluding carboxylic acids is 1. The van der Waals surface area contributed by atoms with E-state index in [9.17, 15) is 18.0 Å². The van der Waals surface area contributed by atoms with Crippen molar-refractivity contribution in [3.05, 3.63) is 35.4 Å². The van der Waals surface area contributed by atoms with E-state index < -0.39 is 28.0 Å². The van der Waals surface area contributed by atoms with Crippen molar-refractivity contribution in [2.75, 3.05) is 12.3 Å². The minimum atomic E-state index is -3.67. The first-order chi connectivity index (χ1) is 10.7. The van der Waals surface area contributed by atoms with Crippen LogP contribution in [0.5, 0.6) is 0 Å². The molecule has 0 spiro atoms. The van der Waals surface area contributed by atoms with Crippen LogP contribution in [0.4, 0.5) is 0 Å². The Morgan fingerprint density at radius 1 is 1.48 bits per heavy atom. The van der Waals surface area contributed by atoms with E-state index in [2.05, 4.69) is 0 Å². The Hall–Kier alpha value is -1.93. The van der Waals surface area contributed by atoms with Crippen LogP contribution in [0.3, 0.4) is 0 Å². The molecular formula is C15H20N2O5S. The number of carboxylic acid groups (broad SMARTS) is 1. The van der Waals surface area contributed by atoms with Gasteiger partial charge >= 0.3 is 5.97 Å². The number of amides is 1. The molecule has 1 aromatic rings. The van der Waals surface area contributed by atoms with Gasteiger partial charge < -0.3 is 10.0 Å². The number of benzene rings is 1. The number of rotatable bonds is 6. The summed E-state index contributed by atoms with van der Waals surface area (Å²) in [6.07, 6.45) is -0.157. The number of hydrogen-bond donors (Lipinski definition) is 2. The highest BCUT2D eigenvalue weighted by atomic mass is 32.2. The van der Waals surface area contributed by atoms with E-state index in [1.807, 2.05) is 25.1 Å². The topological polar surface area (TPSA) is 118 Å². The monoisotopic (exact) mass is 340 g/mol. The molecule has 2 unspecified atom stereocenters. The summed E-state index contributed by atoms with van der Waals surface area (Å²) in [5.41, 5.74) is 1.70. The number of aryl methyl sites for hydroxylation is 1. The van der Waals surface area contributed by atoms with Crippen LogP contribution in [-0.4, -0.2) is 42.6 Å². The molecule has 8 heteroatoms. The Balaban J connectivity index is 2.26. The molecule has 1 amide bonds. The quantitative estimate of drug-likeness (QED) is 0.788. The van der Waals surface area contributed by atoms with Gasteiger partial charge in [-0.15, -0.1) is 0 Å². The third kappa shape index (κ3) is 4.77. The van der Waals surface area contributed by atoms with Crippen molar-refractivity contribution in [1.29, 1.82) is 0 Å². The van der Waals surface area contributed by atoms with Crippen LogP contribution in [0.15, 0.2) is 24.3 Å². The average Bonchev–Trinajstić information content (AvgIpc) is 2.74. The van der Waals surface area contributed by atoms with Gasteiger partial charge in [0.2, 0.25) is 15.9 Å². The van der Waals surface area contributed by atoms with Gasteiger partial charge in [-0.1, -0.05) is 29.8 Å². The van der Waals surface area contributed by atoms with Crippen molar-refractivity contribution in [3.8, 4) is 0 Å². The number of primary sulfonamides is 1. The van der Waals surface area contributed by atoms with Crippen molar-refractivity contribution >= 4 is 21.9 Å². The van der Waals surface area contributed by atoms with Crippen LogP contribution in [-0.2, 0) is 19.6 Å². The van der Waals surface area contributed by atoms with Crippen LogP contribution < -0.4 is 5.14 Å². The molecule has 2 atom stereocenters. The molecule has 0 saturated carbocycles. The van der Waals surface area contributed by atoms with Crippen molar-refractivity contribution in [1.82, 2.24) is 4.90 Å². The van der Waals surface area contributed by atoms with Crippen molar-refractivity contribution in [2.24, 2.45) is 11.1 Å². The molecule has 7 nitrogen and oxygen atoms in total. The number of nitrogens with zero attached hydrogens (tertiary/aromatic N) is 1. The number of sulfonamides is 1. The Morgan fingerprint density at radius 2 is 2.17 bits per heavy atom. The summed E-state index contributed by atoms with van der Waals surface area (Å²) in [6.45, 7) is 2.08. The first-order valence-corrected chi connectivity index (χ1v) is 8.95. The lowest BCUT2D eigenvalue weighted by Crippen LogP contribution is -2.33. The van der Waals surface area contributed by atoms with Crippen LogP contribution >= 0.6 is 0 Å². The van der Waals surface area contributed by atoms with Gasteiger partial charge in [0.15, 0.2) is 0 Å². The molecule has 3 N–H and O–H groups in total. The molecule has 2 rings (SSSR count). The fraction of sp³-hybridized carbons (Fsp3) is 0.467. The molecule has 0 radical (unpaired) electrons. The largest absolute Gasteiger partial charge is 0.481 e. The minimum Gasteiger partial charge on any atom is -0.481 e. The van der Waals surface area contributed by atoms with E-state index in [0.717, 1.165) is 11.1 Å². The molecule has 0 aliphatic carbocycles. The highest BCUT2D eigenvalue weighted by Gasteiger charge is 2.37. The number of carboxylic acids is 1. The predicted octanol–water partition coefficient (Wildman–Crippen LogP) is 0.648. The van der Waals surface area contributed by atoms with Gasteiger partial charge in [-0.25, -0.2) is 13.6 Å². The summed E-state index contributed by atoms with van der Waals surface area (Å²) in [7, 11) is -3.67. The van der Waals surface area contributed by atoms with Crippen LogP contribution in [0.1, 0.15) is 30.0 Å². The molecule has 1 heterocycles. The van der Waals surface area contributed by atoms with Crippen molar-refractivity contribution in [2.45, 2.75) is 25.8 Å². The maximum Gasteiger partial charge on any atom is 0.305 e. The summed E-state index contributed by atoms with van der Waals surface area (Å²) >= 11 is 0. The number of likely N-dealkylation sites (tertiary alicyclic amines) is 1. The molecule has 0 aromatic heterocycles. The van der Waals surface area contributed by atoms with E-state index in [1.54, 1.807) is 6.07 Å². The lowest BCUT2D eigenvalue weighted by atomic mass is 10.0. The van der Waals surface area contributed by atoms with Gasteiger partial charge in [-0.3, -0.25) is 9.59 Å². The predicted molar refractivity (Wildman–Crippen MR) is 84.0 cm³/mol. The molecule has 0 bridgehead atoms. The zero-order chi connectivity index (χ0) is 17.2. The van der Waals surface area contributed by atoms with Crippen LogP contribution in [0.25, 0.3) is 0 Å². The normalized spacial score (nSPS) is 19.8. The number of hydrogen-bond acceptors (Lipinski definition) is 4. The maximum absolute atomic E-state index is 12.2. The van der Waals surface area contributed by atoms with E-state index >= 15 is 0 Å². The SMILES string of the molecule is Cc1cccc(C(CC(=O)O)N2CC(CS(N)(=O)=O)CC2=O)c1. The fourth-order valence-corrected chi connectivity index (χ4v) is 3.88. The standard InChI is InChI=1S/C15H20N2O5S/c1-10-3-2-4-12(5-10)13(7-15(19)20)17-8-11(6-14(17)18)9-23(16,21)22/h2-5,11,13H,6-9H2,1H3,(H,19,20)(H2,16,21,22). The first-order valence-electron chi connectivity index (χ1n) is 7.24. The third-order valence-electron chi connectivity index (χ3n) is 3.88. The van der Waals surface area contributed by atoms with Crippen LogP contribution in [0.2, 0.25) is 0 Å². The number of aliphatic carboxylic acids is 1. The second kappa shape index (κ2) is 6.67. The second-order valence-electron chi connectivity index (χ2n) is 5.97. The van der Waals surface area contributed by atoms with Crippen molar-refractivity contribution < 1.29 is 23.1 Å². The fourth-order valence-electron chi connectivity index (χ4n) is 3.00. The van der Waals surface area contributed by atoms with Crippen LogP contribution in [0, 0.1) is 12.8 Å². The molecule has 126 valence electrons. The number of nitrogens with two attached hydrogens (primary N) is 1. The smallest absolute Gasteiger partial charge is 0.305 e. The summed E-state index contributed by atoms with van der Waals surface area (Å²) in [5.74, 6) is -1.94. The Morgan fingerprint density at radius 3 is 2.74 bits per heavy atom. The summed E-state index contributed by atoms with van der Waals surface area (Å²) in [5, 5.41) is 14.2. The molecular weight excluding hydrogens is 320 g/mol. The summed E-state index contributed by atoms with van der Waals surface area (Å²) in [4.78, 5) is 24.9. The Bertz CT molecular complexity index is 716. The zero-order valence-corrected chi connectivity index (χ0v) is 13.6. The number of carbonyl (C=O) groups is 2. The highest BCUT2D eigenvalue weighted by Crippen LogP contribution is 2.32. The van der Waals surface area contributed by atoms with Crippen molar-refractivity contribution in [3.63, 3.8) is 0 Å². The summed E-state index contributed by atoms with van der Waals surface area (Å²) < 4.78 is 22.4. The van der Waals surface area contributed by atoms with Gasteiger partial charge in [-0.05, 0) is 12.5 Å². The molecule has 1 saturated heterocycles. The van der Waals surface area contributed by atoms with E-state index in [0.29, 0.717) is 0 Å². The molecule has 23 heavy (non-hydrogen) atoms. The van der Waals surface area contributed by atoms with E-state index in [1.165, 1.54) is 4.90 Å². The summed E-state index contributed by atoms with van der Waals surface area (Å²) in [6, 6.07) is 6.71. The molecule has 1 aromatic carbocycles. The molecule has 1 aliphatic rings. The van der Waals surface area contributed by atoms with Gasteiger partial charge in [0.05, 0.1) is 18.2 Å². The molecule has 1 aliphatic heterocycles. The molecule has 1 fully saturated rings. The lowest BCUT2D eigenvalue weighted by molar-refractivity contribution is -0.139. The minimum absolute atomic E-state index is 0.0678. The average molecular weight is 340 g/mol. The van der Waals surface area contributed by atoms with Gasteiger partial charge in [0, 0.05) is 18.9 Å². The first kappa shape index (κ1) is 17.4. The highest BCUT2D eigenvalue weighted by molar-refractivity contribution is 7.89. The maximum atomic E-state index is 12.2. The Labute approximate surface area is 135 Å². The van der Waals surface area contributed by atoms with E-state index in [4.69, 9.17) is 10.2 Å². The van der Waals surface area contributed by atoms with Gasteiger partial charge in [0.25, 0.3) is 0 Å². The second-order valence-corrected chi connectivity index (χ2v) is 7.63. The Kier molecular flexibility index (Phi) is 5.06. The zero-order valence-electron chi connectivity index (χ0n) is 12.8. The van der Waals surface area contributed by atoms with E-state index in [-0.39, 0.29) is 31.0 Å². The van der Waals surface area contributed by atoms with Gasteiger partial charge in [-0.2, -0.15) is 0 Å². The lowest BCUT2D eigenvalue weighted by Gasteiger charge is -2.27. The van der Waals surface area contributed by atoms with Gasteiger partial charge in [0.1, 0.15) is 0 Å².